The monoisotopic (exact) mass is 404 g/mol. The number of urea groups is 1. The van der Waals surface area contributed by atoms with Crippen molar-refractivity contribution in [1.82, 2.24) is 15.3 Å². The molecule has 0 unspecified atom stereocenters. The first-order valence-electron chi connectivity index (χ1n) is 8.10. The lowest BCUT2D eigenvalue weighted by molar-refractivity contribution is -0.158. The van der Waals surface area contributed by atoms with E-state index in [0.29, 0.717) is 17.0 Å². The van der Waals surface area contributed by atoms with Crippen molar-refractivity contribution >= 4 is 29.7 Å². The minimum absolute atomic E-state index is 0.0330. The van der Waals surface area contributed by atoms with Crippen molar-refractivity contribution in [3.05, 3.63) is 17.0 Å². The number of hydrogen-bond donors (Lipinski definition) is 2. The number of aromatic nitrogens is 2. The maximum absolute atomic E-state index is 12.4. The van der Waals surface area contributed by atoms with Gasteiger partial charge in [0.2, 0.25) is 0 Å². The Bertz CT molecular complexity index is 693. The third kappa shape index (κ3) is 7.45. The maximum atomic E-state index is 12.4. The van der Waals surface area contributed by atoms with E-state index in [1.54, 1.807) is 27.7 Å². The number of nitrogens with two attached hydrogens (primary N) is 1. The van der Waals surface area contributed by atoms with Gasteiger partial charge < -0.3 is 10.5 Å². The molecule has 3 N–H and O–H groups in total. The molecule has 0 aliphatic rings. The van der Waals surface area contributed by atoms with E-state index in [4.69, 9.17) is 10.5 Å². The molecule has 0 spiro atoms. The van der Waals surface area contributed by atoms with E-state index in [2.05, 4.69) is 9.97 Å². The van der Waals surface area contributed by atoms with Crippen LogP contribution in [0.3, 0.4) is 0 Å². The highest BCUT2D eigenvalue weighted by Crippen LogP contribution is 2.24. The van der Waals surface area contributed by atoms with Crippen molar-refractivity contribution in [2.75, 3.05) is 0 Å². The molecule has 0 saturated heterocycles. The molecule has 150 valence electrons. The Labute approximate surface area is 159 Å². The average molecular weight is 404 g/mol. The van der Waals surface area contributed by atoms with Gasteiger partial charge in [-0.3, -0.25) is 14.9 Å². The van der Waals surface area contributed by atoms with Gasteiger partial charge >= 0.3 is 12.0 Å². The summed E-state index contributed by atoms with van der Waals surface area (Å²) in [5.74, 6) is -4.44. The first kappa shape index (κ1) is 22.7. The number of imide groups is 1. The zero-order valence-corrected chi connectivity index (χ0v) is 16.2. The van der Waals surface area contributed by atoms with Crippen molar-refractivity contribution in [1.29, 1.82) is 0 Å². The van der Waals surface area contributed by atoms with E-state index in [0.717, 1.165) is 0 Å². The van der Waals surface area contributed by atoms with Crippen LogP contribution in [0.2, 0.25) is 0 Å². The largest absolute Gasteiger partial charge is 0.452 e. The number of esters is 1. The van der Waals surface area contributed by atoms with Crippen molar-refractivity contribution < 1.29 is 27.9 Å². The number of thioether (sulfide) groups is 1. The van der Waals surface area contributed by atoms with Gasteiger partial charge in [-0.15, -0.1) is 0 Å². The standard InChI is InChI=1S/C16H22F2N4O4S/c1-7(2)12(13(24)22-15(19)25)26-11(23)6-5-10-8(3)20-16(21-9(10)4)27-14(17)18/h7,12,14H,5-6H2,1-4H3,(H3,19,22,24,25)/t12-/m1/s1. The molecule has 1 aromatic heterocycles. The Morgan fingerprint density at radius 1 is 1.19 bits per heavy atom. The quantitative estimate of drug-likeness (QED) is 0.386. The van der Waals surface area contributed by atoms with Crippen molar-refractivity contribution in [3.63, 3.8) is 0 Å². The van der Waals surface area contributed by atoms with Gasteiger partial charge in [-0.2, -0.15) is 8.78 Å². The van der Waals surface area contributed by atoms with Crippen molar-refractivity contribution in [2.24, 2.45) is 11.7 Å². The molecule has 1 aromatic rings. The van der Waals surface area contributed by atoms with Gasteiger partial charge in [0, 0.05) is 17.8 Å². The summed E-state index contributed by atoms with van der Waals surface area (Å²) >= 11 is 0.250. The van der Waals surface area contributed by atoms with Gasteiger partial charge in [-0.05, 0) is 43.5 Å². The minimum Gasteiger partial charge on any atom is -0.452 e. The van der Waals surface area contributed by atoms with Crippen molar-refractivity contribution in [2.45, 2.75) is 57.6 Å². The van der Waals surface area contributed by atoms with Gasteiger partial charge in [0.15, 0.2) is 11.3 Å². The van der Waals surface area contributed by atoms with Crippen molar-refractivity contribution in [3.8, 4) is 0 Å². The van der Waals surface area contributed by atoms with Crippen LogP contribution in [0.1, 0.15) is 37.2 Å². The van der Waals surface area contributed by atoms with Crippen LogP contribution in [-0.2, 0) is 20.7 Å². The molecule has 3 amide bonds. The summed E-state index contributed by atoms with van der Waals surface area (Å²) in [5, 5.41) is 1.85. The Hall–Kier alpha value is -2.30. The Morgan fingerprint density at radius 2 is 1.74 bits per heavy atom. The number of hydrogen-bond acceptors (Lipinski definition) is 7. The number of amides is 3. The number of alkyl halides is 2. The molecule has 1 atom stereocenters. The molecule has 0 aliphatic carbocycles. The van der Waals surface area contributed by atoms with Gasteiger partial charge in [-0.1, -0.05) is 13.8 Å². The van der Waals surface area contributed by atoms with E-state index in [-0.39, 0.29) is 35.7 Å². The number of halogens is 2. The minimum atomic E-state index is -2.62. The van der Waals surface area contributed by atoms with Gasteiger partial charge in [-0.25, -0.2) is 14.8 Å². The van der Waals surface area contributed by atoms with Crippen LogP contribution in [0, 0.1) is 19.8 Å². The number of rotatable bonds is 8. The van der Waals surface area contributed by atoms with E-state index >= 15 is 0 Å². The summed E-state index contributed by atoms with van der Waals surface area (Å²) in [6.07, 6.45) is -1.01. The van der Waals surface area contributed by atoms with E-state index in [9.17, 15) is 23.2 Å². The number of aryl methyl sites for hydroxylation is 2. The van der Waals surface area contributed by atoms with Gasteiger partial charge in [0.1, 0.15) is 0 Å². The molecule has 27 heavy (non-hydrogen) atoms. The molecular weight excluding hydrogens is 382 g/mol. The predicted molar refractivity (Wildman–Crippen MR) is 94.1 cm³/mol. The smallest absolute Gasteiger partial charge is 0.318 e. The fourth-order valence-electron chi connectivity index (χ4n) is 2.32. The summed E-state index contributed by atoms with van der Waals surface area (Å²) in [6, 6.07) is -1.04. The molecule has 0 bridgehead atoms. The van der Waals surface area contributed by atoms with E-state index in [1.807, 2.05) is 5.32 Å². The molecule has 0 radical (unpaired) electrons. The topological polar surface area (TPSA) is 124 Å². The summed E-state index contributed by atoms with van der Waals surface area (Å²) in [4.78, 5) is 42.8. The fourth-order valence-corrected chi connectivity index (χ4v) is 2.85. The fraction of sp³-hybridized carbons (Fsp3) is 0.562. The average Bonchev–Trinajstić information content (AvgIpc) is 2.49. The normalized spacial score (nSPS) is 12.1. The molecule has 0 aliphatic heterocycles. The second-order valence-corrected chi connectivity index (χ2v) is 7.00. The maximum Gasteiger partial charge on any atom is 0.318 e. The van der Waals surface area contributed by atoms with Gasteiger partial charge in [0.05, 0.1) is 0 Å². The third-order valence-corrected chi connectivity index (χ3v) is 4.11. The molecule has 0 saturated carbocycles. The lowest BCUT2D eigenvalue weighted by Crippen LogP contribution is -2.45. The summed E-state index contributed by atoms with van der Waals surface area (Å²) in [6.45, 7) is 6.59. The van der Waals surface area contributed by atoms with Crippen LogP contribution in [0.25, 0.3) is 0 Å². The second-order valence-electron chi connectivity index (χ2n) is 6.04. The van der Waals surface area contributed by atoms with Crippen LogP contribution in [0.4, 0.5) is 13.6 Å². The number of carbonyl (C=O) groups excluding carboxylic acids is 3. The van der Waals surface area contributed by atoms with Gasteiger partial charge in [0.25, 0.3) is 11.7 Å². The number of nitrogens with one attached hydrogen (secondary N) is 1. The van der Waals surface area contributed by atoms with E-state index in [1.165, 1.54) is 0 Å². The highest BCUT2D eigenvalue weighted by atomic mass is 32.2. The summed E-state index contributed by atoms with van der Waals surface area (Å²) in [5.41, 5.74) is 6.53. The molecule has 11 heteroatoms. The molecular formula is C16H22F2N4O4S. The second kappa shape index (κ2) is 10.1. The van der Waals surface area contributed by atoms with E-state index < -0.39 is 29.8 Å². The predicted octanol–water partition coefficient (Wildman–Crippen LogP) is 2.10. The number of primary amides is 1. The summed E-state index contributed by atoms with van der Waals surface area (Å²) < 4.78 is 30.0. The van der Waals surface area contributed by atoms with Crippen LogP contribution >= 0.6 is 11.8 Å². The zero-order chi connectivity index (χ0) is 20.7. The highest BCUT2D eigenvalue weighted by Gasteiger charge is 2.27. The lowest BCUT2D eigenvalue weighted by atomic mass is 10.1. The van der Waals surface area contributed by atoms with Crippen LogP contribution in [-0.4, -0.2) is 39.7 Å². The Morgan fingerprint density at radius 3 is 2.19 bits per heavy atom. The van der Waals surface area contributed by atoms with Crippen LogP contribution in [0.15, 0.2) is 5.16 Å². The molecule has 0 fully saturated rings. The van der Waals surface area contributed by atoms with Crippen LogP contribution < -0.4 is 11.1 Å². The highest BCUT2D eigenvalue weighted by molar-refractivity contribution is 7.99. The van der Waals surface area contributed by atoms with Crippen LogP contribution in [0.5, 0.6) is 0 Å². The molecule has 1 rings (SSSR count). The number of ether oxygens (including phenoxy) is 1. The Balaban J connectivity index is 2.75. The Kier molecular flexibility index (Phi) is 8.54. The summed E-state index contributed by atoms with van der Waals surface area (Å²) in [7, 11) is 0. The molecule has 0 aromatic carbocycles. The third-order valence-electron chi connectivity index (χ3n) is 3.54. The number of nitrogens with zero attached hydrogens (tertiary/aromatic N) is 2. The first-order valence-corrected chi connectivity index (χ1v) is 8.98. The lowest BCUT2D eigenvalue weighted by Gasteiger charge is -2.20. The molecule has 8 nitrogen and oxygen atoms in total. The SMILES string of the molecule is Cc1nc(SC(F)F)nc(C)c1CCC(=O)O[C@@H](C(=O)NC(N)=O)C(C)C. The molecule has 1 heterocycles. The number of carbonyl (C=O) groups is 3. The zero-order valence-electron chi connectivity index (χ0n) is 15.4. The first-order chi connectivity index (χ1) is 12.5.